The number of fused-ring (bicyclic) bond motifs is 3. The van der Waals surface area contributed by atoms with Crippen LogP contribution in [0.3, 0.4) is 0 Å². The van der Waals surface area contributed by atoms with Crippen molar-refractivity contribution in [1.29, 1.82) is 0 Å². The zero-order valence-corrected chi connectivity index (χ0v) is 19.9. The summed E-state index contributed by atoms with van der Waals surface area (Å²) in [6.45, 7) is 4.54. The maximum absolute atomic E-state index is 6.40. The molecule has 0 spiro atoms. The highest BCUT2D eigenvalue weighted by atomic mass is 35.5. The molecule has 0 bridgehead atoms. The highest BCUT2D eigenvalue weighted by Gasteiger charge is 2.35. The first-order valence-corrected chi connectivity index (χ1v) is 12.0. The van der Waals surface area contributed by atoms with Gasteiger partial charge in [0.2, 0.25) is 5.28 Å². The third-order valence-electron chi connectivity index (χ3n) is 7.00. The highest BCUT2D eigenvalue weighted by Crippen LogP contribution is 2.49. The Balaban J connectivity index is 1.41. The Morgan fingerprint density at radius 3 is 2.32 bits per heavy atom. The van der Waals surface area contributed by atoms with Crippen molar-refractivity contribution in [1.82, 2.24) is 15.0 Å². The van der Waals surface area contributed by atoms with E-state index in [2.05, 4.69) is 109 Å². The van der Waals surface area contributed by atoms with Crippen LogP contribution in [0, 0.1) is 0 Å². The summed E-state index contributed by atoms with van der Waals surface area (Å²) in [6.07, 6.45) is 9.62. The fourth-order valence-corrected chi connectivity index (χ4v) is 5.35. The Hall–Kier alpha value is -3.56. The highest BCUT2D eigenvalue weighted by molar-refractivity contribution is 6.28. The van der Waals surface area contributed by atoms with Crippen LogP contribution in [0.4, 0.5) is 0 Å². The molecule has 34 heavy (non-hydrogen) atoms. The summed E-state index contributed by atoms with van der Waals surface area (Å²) in [4.78, 5) is 13.8. The van der Waals surface area contributed by atoms with Crippen LogP contribution in [-0.4, -0.2) is 15.0 Å². The number of hydrogen-bond donors (Lipinski definition) is 0. The smallest absolute Gasteiger partial charge is 0.208 e. The molecule has 4 aromatic rings. The molecular weight excluding hydrogens is 438 g/mol. The summed E-state index contributed by atoms with van der Waals surface area (Å²) in [5.74, 6) is 1.55. The van der Waals surface area contributed by atoms with Crippen molar-refractivity contribution in [3.8, 4) is 33.9 Å². The van der Waals surface area contributed by atoms with E-state index in [0.717, 1.165) is 17.5 Å². The lowest BCUT2D eigenvalue weighted by atomic mass is 9.82. The quantitative estimate of drug-likeness (QED) is 0.313. The molecule has 6 rings (SSSR count). The molecule has 1 atom stereocenters. The number of nitrogens with zero attached hydrogens (tertiary/aromatic N) is 3. The van der Waals surface area contributed by atoms with Crippen LogP contribution in [0.2, 0.25) is 5.28 Å². The summed E-state index contributed by atoms with van der Waals surface area (Å²) in [6, 6.07) is 23.5. The van der Waals surface area contributed by atoms with Crippen molar-refractivity contribution < 1.29 is 0 Å². The van der Waals surface area contributed by atoms with Gasteiger partial charge in [-0.2, -0.15) is 9.97 Å². The van der Waals surface area contributed by atoms with Crippen LogP contribution < -0.4 is 0 Å². The molecule has 0 fully saturated rings. The van der Waals surface area contributed by atoms with Crippen molar-refractivity contribution in [2.45, 2.75) is 31.6 Å². The molecule has 1 aromatic heterocycles. The Labute approximate surface area is 204 Å². The first kappa shape index (κ1) is 21.0. The number of aromatic nitrogens is 3. The predicted molar refractivity (Wildman–Crippen MR) is 139 cm³/mol. The van der Waals surface area contributed by atoms with E-state index in [1.165, 1.54) is 27.8 Å². The predicted octanol–water partition coefficient (Wildman–Crippen LogP) is 7.77. The van der Waals surface area contributed by atoms with Gasteiger partial charge in [-0.1, -0.05) is 92.7 Å². The minimum absolute atomic E-state index is 0.0854. The Morgan fingerprint density at radius 1 is 0.765 bits per heavy atom. The zero-order chi connectivity index (χ0) is 23.3. The zero-order valence-electron chi connectivity index (χ0n) is 19.2. The summed E-state index contributed by atoms with van der Waals surface area (Å²) in [7, 11) is 0. The van der Waals surface area contributed by atoms with Gasteiger partial charge in [0.1, 0.15) is 0 Å². The lowest BCUT2D eigenvalue weighted by molar-refractivity contribution is 0.660. The third-order valence-corrected chi connectivity index (χ3v) is 7.17. The molecular formula is C30H24ClN3. The minimum atomic E-state index is -0.0854. The Morgan fingerprint density at radius 2 is 1.53 bits per heavy atom. The maximum Gasteiger partial charge on any atom is 0.226 e. The van der Waals surface area contributed by atoms with Crippen LogP contribution in [0.25, 0.3) is 33.9 Å². The summed E-state index contributed by atoms with van der Waals surface area (Å²) >= 11 is 6.40. The van der Waals surface area contributed by atoms with Crippen LogP contribution in [0.5, 0.6) is 0 Å². The Kier molecular flexibility index (Phi) is 4.96. The first-order valence-electron chi connectivity index (χ1n) is 11.6. The Bertz CT molecular complexity index is 1480. The molecule has 3 aromatic carbocycles. The van der Waals surface area contributed by atoms with E-state index in [4.69, 9.17) is 16.6 Å². The first-order chi connectivity index (χ1) is 16.5. The van der Waals surface area contributed by atoms with E-state index >= 15 is 0 Å². The van der Waals surface area contributed by atoms with Gasteiger partial charge in [0.15, 0.2) is 11.6 Å². The molecule has 0 saturated carbocycles. The number of hydrogen-bond acceptors (Lipinski definition) is 3. The average molecular weight is 462 g/mol. The molecule has 0 N–H and O–H groups in total. The second kappa shape index (κ2) is 8.03. The molecule has 0 amide bonds. The van der Waals surface area contributed by atoms with Crippen molar-refractivity contribution in [2.75, 3.05) is 0 Å². The van der Waals surface area contributed by atoms with E-state index in [-0.39, 0.29) is 10.7 Å². The summed E-state index contributed by atoms with van der Waals surface area (Å²) < 4.78 is 0. The van der Waals surface area contributed by atoms with Crippen molar-refractivity contribution in [3.05, 3.63) is 113 Å². The summed E-state index contributed by atoms with van der Waals surface area (Å²) in [5.41, 5.74) is 8.25. The molecule has 2 aliphatic carbocycles. The van der Waals surface area contributed by atoms with Gasteiger partial charge in [-0.3, -0.25) is 0 Å². The van der Waals surface area contributed by atoms with Gasteiger partial charge in [-0.15, -0.1) is 0 Å². The third kappa shape index (κ3) is 3.48. The van der Waals surface area contributed by atoms with Crippen LogP contribution >= 0.6 is 11.6 Å². The van der Waals surface area contributed by atoms with E-state index in [1.54, 1.807) is 0 Å². The van der Waals surface area contributed by atoms with Crippen LogP contribution in [0.1, 0.15) is 42.9 Å². The van der Waals surface area contributed by atoms with Gasteiger partial charge in [0, 0.05) is 22.5 Å². The maximum atomic E-state index is 6.40. The SMILES string of the molecule is CC1(C)c2ccccc2-c2ccc(-c3nc(Cl)nc(-c4cccc(C5C=CC=CC5)c4)n3)cc21. The topological polar surface area (TPSA) is 38.7 Å². The molecule has 1 heterocycles. The molecule has 2 aliphatic rings. The minimum Gasteiger partial charge on any atom is -0.208 e. The van der Waals surface area contributed by atoms with Gasteiger partial charge < -0.3 is 0 Å². The van der Waals surface area contributed by atoms with Gasteiger partial charge in [-0.05, 0) is 58.0 Å². The van der Waals surface area contributed by atoms with E-state index < -0.39 is 0 Å². The van der Waals surface area contributed by atoms with E-state index in [1.807, 2.05) is 6.07 Å². The lowest BCUT2D eigenvalue weighted by Crippen LogP contribution is -2.15. The van der Waals surface area contributed by atoms with Gasteiger partial charge >= 0.3 is 0 Å². The van der Waals surface area contributed by atoms with Crippen molar-refractivity contribution in [2.24, 2.45) is 0 Å². The average Bonchev–Trinajstić information content (AvgIpc) is 3.11. The molecule has 0 aliphatic heterocycles. The van der Waals surface area contributed by atoms with E-state index in [0.29, 0.717) is 17.6 Å². The van der Waals surface area contributed by atoms with Crippen LogP contribution in [0.15, 0.2) is 91.0 Å². The molecule has 0 saturated heterocycles. The molecule has 3 nitrogen and oxygen atoms in total. The fourth-order valence-electron chi connectivity index (χ4n) is 5.19. The summed E-state index contributed by atoms with van der Waals surface area (Å²) in [5, 5.41) is 0.203. The standard InChI is InChI=1S/C30H24ClN3/c1-30(2)25-14-7-6-13-23(25)24-16-15-22(18-26(24)30)28-32-27(33-29(31)34-28)21-12-8-11-20(17-21)19-9-4-3-5-10-19/h3-9,11-19H,10H2,1-2H3. The van der Waals surface area contributed by atoms with Crippen molar-refractivity contribution in [3.63, 3.8) is 0 Å². The van der Waals surface area contributed by atoms with Crippen molar-refractivity contribution >= 4 is 11.6 Å². The fraction of sp³-hybridized carbons (Fsp3) is 0.167. The number of rotatable bonds is 3. The normalized spacial score (nSPS) is 17.4. The second-order valence-electron chi connectivity index (χ2n) is 9.46. The van der Waals surface area contributed by atoms with Gasteiger partial charge in [0.25, 0.3) is 0 Å². The largest absolute Gasteiger partial charge is 0.226 e. The lowest BCUT2D eigenvalue weighted by Gasteiger charge is -2.21. The number of halogens is 1. The second-order valence-corrected chi connectivity index (χ2v) is 9.80. The van der Waals surface area contributed by atoms with Crippen LogP contribution in [-0.2, 0) is 5.41 Å². The van der Waals surface area contributed by atoms with Gasteiger partial charge in [-0.25, -0.2) is 4.98 Å². The molecule has 166 valence electrons. The molecule has 0 radical (unpaired) electrons. The molecule has 4 heteroatoms. The number of benzene rings is 3. The van der Waals surface area contributed by atoms with E-state index in [9.17, 15) is 0 Å². The molecule has 1 unspecified atom stereocenters. The van der Waals surface area contributed by atoms with Gasteiger partial charge in [0.05, 0.1) is 0 Å². The number of allylic oxidation sites excluding steroid dienone is 4. The monoisotopic (exact) mass is 461 g/mol.